The lowest BCUT2D eigenvalue weighted by Crippen LogP contribution is -3.00. The molecule has 1 amide bonds. The molecule has 0 spiro atoms. The predicted molar refractivity (Wildman–Crippen MR) is 224 cm³/mol. The summed E-state index contributed by atoms with van der Waals surface area (Å²) >= 11 is 0. The number of carbonyl (C=O) groups excluding carboxylic acids is 2. The second-order valence-corrected chi connectivity index (χ2v) is 18.5. The van der Waals surface area contributed by atoms with Crippen molar-refractivity contribution >= 4 is 12.1 Å². The number of allylic oxidation sites excluding steroid dienone is 2. The van der Waals surface area contributed by atoms with Crippen LogP contribution in [-0.2, 0) is 25.5 Å². The van der Waals surface area contributed by atoms with Gasteiger partial charge >= 0.3 is 12.1 Å². The minimum atomic E-state index is -1.51. The summed E-state index contributed by atoms with van der Waals surface area (Å²) in [6.07, 6.45) is 13.3. The second-order valence-electron chi connectivity index (χ2n) is 18.5. The summed E-state index contributed by atoms with van der Waals surface area (Å²) in [5.74, 6) is -0.960. The summed E-state index contributed by atoms with van der Waals surface area (Å²) in [5.41, 5.74) is -0.642. The maximum absolute atomic E-state index is 13.9. The molecule has 1 aliphatic carbocycles. The van der Waals surface area contributed by atoms with Gasteiger partial charge in [0.05, 0.1) is 68.7 Å². The van der Waals surface area contributed by atoms with Crippen LogP contribution in [0.1, 0.15) is 118 Å². The van der Waals surface area contributed by atoms with Crippen molar-refractivity contribution in [2.75, 3.05) is 26.2 Å². The quantitative estimate of drug-likeness (QED) is 0.0615. The summed E-state index contributed by atoms with van der Waals surface area (Å²) in [5, 5.41) is 43.9. The normalized spacial score (nSPS) is 32.5. The number of rotatable bonds is 12. The van der Waals surface area contributed by atoms with Crippen LogP contribution < -0.4 is 17.0 Å². The van der Waals surface area contributed by atoms with Crippen molar-refractivity contribution in [3.8, 4) is 0 Å². The van der Waals surface area contributed by atoms with E-state index in [0.717, 1.165) is 24.1 Å². The monoisotopic (exact) mass is 888 g/mol. The molecule has 4 N–H and O–H groups in total. The molecule has 0 bridgehead atoms. The molecule has 11 nitrogen and oxygen atoms in total. The minimum Gasteiger partial charge on any atom is -1.00 e. The SMILES string of the molecule is CC[C@H](O)[C@@H](C)[C@H]1O[C@@H]1C[C@@](C)(O)/C=C/C=C(\C)[C@H]1OC(=O)C[C@H](O)CC[C@@](C)(O)[C@@H](OC(=O)N2CC[N+](Cc3ccccc3)(C3CCCCCC3)CC2)/C=C/[C@@H]1C.[Br-]. The molecule has 1 aromatic carbocycles. The Morgan fingerprint density at radius 2 is 1.76 bits per heavy atom. The smallest absolute Gasteiger partial charge is 0.410 e. The van der Waals surface area contributed by atoms with E-state index in [0.29, 0.717) is 37.5 Å². The lowest BCUT2D eigenvalue weighted by atomic mass is 9.88. The van der Waals surface area contributed by atoms with E-state index in [-0.39, 0.29) is 60.3 Å². The summed E-state index contributed by atoms with van der Waals surface area (Å²) in [6, 6.07) is 11.2. The van der Waals surface area contributed by atoms with Gasteiger partial charge in [-0.15, -0.1) is 0 Å². The number of epoxide rings is 1. The van der Waals surface area contributed by atoms with Crippen LogP contribution >= 0.6 is 0 Å². The van der Waals surface area contributed by atoms with Gasteiger partial charge in [-0.2, -0.15) is 0 Å². The number of aliphatic hydroxyl groups excluding tert-OH is 2. The fourth-order valence-electron chi connectivity index (χ4n) is 9.44. The number of amides is 1. The van der Waals surface area contributed by atoms with Crippen molar-refractivity contribution in [1.82, 2.24) is 4.90 Å². The van der Waals surface area contributed by atoms with E-state index in [2.05, 4.69) is 30.3 Å². The molecule has 332 valence electrons. The Bertz CT molecular complexity index is 1570. The lowest BCUT2D eigenvalue weighted by Gasteiger charge is -2.49. The molecule has 0 aromatic heterocycles. The minimum absolute atomic E-state index is 0. The van der Waals surface area contributed by atoms with Crippen molar-refractivity contribution in [1.29, 1.82) is 0 Å². The first-order chi connectivity index (χ1) is 27.5. The molecular weight excluding hydrogens is 816 g/mol. The molecule has 12 heteroatoms. The number of piperazine rings is 1. The van der Waals surface area contributed by atoms with Crippen LogP contribution in [0, 0.1) is 11.8 Å². The second kappa shape index (κ2) is 22.0. The van der Waals surface area contributed by atoms with Gasteiger partial charge in [-0.1, -0.05) is 88.2 Å². The Hall–Kier alpha value is -2.58. The van der Waals surface area contributed by atoms with Gasteiger partial charge in [-0.25, -0.2) is 4.79 Å². The number of carbonyl (C=O) groups is 2. The third kappa shape index (κ3) is 14.0. The molecule has 59 heavy (non-hydrogen) atoms. The van der Waals surface area contributed by atoms with Gasteiger partial charge in [-0.05, 0) is 77.4 Å². The lowest BCUT2D eigenvalue weighted by molar-refractivity contribution is -0.967. The Balaban J connectivity index is 0.00000769. The van der Waals surface area contributed by atoms with Crippen LogP contribution in [0.15, 0.2) is 66.3 Å². The zero-order valence-corrected chi connectivity index (χ0v) is 38.0. The maximum Gasteiger partial charge on any atom is 0.410 e. The Kier molecular flexibility index (Phi) is 18.3. The van der Waals surface area contributed by atoms with Crippen LogP contribution in [0.3, 0.4) is 0 Å². The predicted octanol–water partition coefficient (Wildman–Crippen LogP) is 3.77. The van der Waals surface area contributed by atoms with Crippen LogP contribution in [0.25, 0.3) is 0 Å². The number of hydrogen-bond acceptors (Lipinski definition) is 9. The number of ether oxygens (including phenoxy) is 3. The molecule has 4 aliphatic rings. The van der Waals surface area contributed by atoms with Crippen LogP contribution in [0.4, 0.5) is 4.79 Å². The topological polar surface area (TPSA) is 149 Å². The number of cyclic esters (lactones) is 1. The molecule has 2 saturated heterocycles. The largest absolute Gasteiger partial charge is 1.00 e. The Labute approximate surface area is 363 Å². The number of halogens is 1. The molecule has 0 radical (unpaired) electrons. The van der Waals surface area contributed by atoms with Gasteiger partial charge in [0.25, 0.3) is 0 Å². The van der Waals surface area contributed by atoms with E-state index in [4.69, 9.17) is 14.2 Å². The number of quaternary nitrogens is 1. The van der Waals surface area contributed by atoms with Crippen molar-refractivity contribution in [3.63, 3.8) is 0 Å². The van der Waals surface area contributed by atoms with E-state index in [1.807, 2.05) is 33.8 Å². The van der Waals surface area contributed by atoms with Crippen LogP contribution in [0.5, 0.6) is 0 Å². The molecule has 0 unspecified atom stereocenters. The van der Waals surface area contributed by atoms with Crippen molar-refractivity contribution in [2.45, 2.75) is 173 Å². The molecule has 10 atom stereocenters. The highest BCUT2D eigenvalue weighted by molar-refractivity contribution is 5.70. The molecule has 3 aliphatic heterocycles. The fourth-order valence-corrected chi connectivity index (χ4v) is 9.44. The average molecular weight is 890 g/mol. The van der Waals surface area contributed by atoms with E-state index < -0.39 is 47.7 Å². The third-order valence-corrected chi connectivity index (χ3v) is 13.4. The summed E-state index contributed by atoms with van der Waals surface area (Å²) in [4.78, 5) is 28.7. The zero-order valence-electron chi connectivity index (χ0n) is 36.4. The fraction of sp³-hybridized carbons (Fsp3) is 0.702. The molecule has 1 saturated carbocycles. The highest BCUT2D eigenvalue weighted by Gasteiger charge is 2.47. The number of hydrogen-bond donors (Lipinski definition) is 4. The van der Waals surface area contributed by atoms with Crippen LogP contribution in [0.2, 0.25) is 0 Å². The van der Waals surface area contributed by atoms with Gasteiger partial charge in [0.1, 0.15) is 18.2 Å². The first-order valence-corrected chi connectivity index (χ1v) is 22.1. The first kappa shape index (κ1) is 49.1. The summed E-state index contributed by atoms with van der Waals surface area (Å²) < 4.78 is 18.9. The Morgan fingerprint density at radius 3 is 2.41 bits per heavy atom. The highest BCUT2D eigenvalue weighted by atomic mass is 79.9. The van der Waals surface area contributed by atoms with Crippen molar-refractivity contribution < 1.29 is 65.7 Å². The van der Waals surface area contributed by atoms with E-state index in [1.54, 1.807) is 43.1 Å². The Morgan fingerprint density at radius 1 is 1.10 bits per heavy atom. The molecule has 5 rings (SSSR count). The van der Waals surface area contributed by atoms with E-state index in [1.165, 1.54) is 44.1 Å². The average Bonchev–Trinajstić information content (AvgIpc) is 4.00. The van der Waals surface area contributed by atoms with Gasteiger partial charge in [0, 0.05) is 23.8 Å². The van der Waals surface area contributed by atoms with Gasteiger partial charge < -0.3 is 56.1 Å². The number of esters is 1. The molecule has 3 heterocycles. The number of benzene rings is 1. The first-order valence-electron chi connectivity index (χ1n) is 22.1. The van der Waals surface area contributed by atoms with Crippen molar-refractivity contribution in [3.05, 3.63) is 71.8 Å². The van der Waals surface area contributed by atoms with Crippen molar-refractivity contribution in [2.24, 2.45) is 11.8 Å². The van der Waals surface area contributed by atoms with E-state index in [9.17, 15) is 30.0 Å². The number of aliphatic hydroxyl groups is 4. The maximum atomic E-state index is 13.9. The molecular formula is C47H73BrN2O9. The standard InChI is InChI=1S/C47H73N2O9.BrH/c1-7-39(51)35(4)44-40(56-44)31-46(5,54)24-15-16-33(2)43-34(3)21-22-41(47(6,55)25-23-38(50)30-42(52)58-43)57-45(53)48-26-28-49(29-27-48,32-36-17-11-10-12-18-36)37-19-13-8-9-14-20-37;/h10-12,15-18,21-22,24,34-35,37-41,43-44,50-51,54-55H,7-9,13-14,19-20,23,25-32H2,1-6H3;1H/q+1;/p-1/b22-21+,24-15+,33-16+;/t34-,35+,38+,39-,40+,41-,43+,44+,46-,47+;/m0./s1. The molecule has 3 fully saturated rings. The van der Waals surface area contributed by atoms with Crippen LogP contribution in [-0.4, -0.2) is 122 Å². The number of nitrogens with zero attached hydrogens (tertiary/aromatic N) is 2. The molecule has 1 aromatic rings. The van der Waals surface area contributed by atoms with E-state index >= 15 is 0 Å². The van der Waals surface area contributed by atoms with Gasteiger partial charge in [0.2, 0.25) is 0 Å². The van der Waals surface area contributed by atoms with Gasteiger partial charge in [0.15, 0.2) is 6.10 Å². The third-order valence-electron chi connectivity index (χ3n) is 13.4. The highest BCUT2D eigenvalue weighted by Crippen LogP contribution is 2.38. The summed E-state index contributed by atoms with van der Waals surface area (Å²) in [6.45, 7) is 14.7. The zero-order chi connectivity index (χ0) is 42.1. The summed E-state index contributed by atoms with van der Waals surface area (Å²) in [7, 11) is 0. The van der Waals surface area contributed by atoms with Gasteiger partial charge in [-0.3, -0.25) is 9.69 Å².